The van der Waals surface area contributed by atoms with E-state index in [0.717, 1.165) is 25.7 Å². The van der Waals surface area contributed by atoms with Gasteiger partial charge in [-0.05, 0) is 19.3 Å². The molecule has 0 radical (unpaired) electrons. The second-order valence-electron chi connectivity index (χ2n) is 9.82. The van der Waals surface area contributed by atoms with Crippen LogP contribution >= 0.6 is 0 Å². The fraction of sp³-hybridized carbons (Fsp3) is 0.897. The van der Waals surface area contributed by atoms with Crippen molar-refractivity contribution in [3.05, 3.63) is 12.2 Å². The van der Waals surface area contributed by atoms with E-state index in [4.69, 9.17) is 0 Å². The van der Waals surface area contributed by atoms with Crippen molar-refractivity contribution in [1.82, 2.24) is 5.32 Å². The van der Waals surface area contributed by atoms with Crippen molar-refractivity contribution in [3.8, 4) is 0 Å². The maximum Gasteiger partial charge on any atom is 0.220 e. The lowest BCUT2D eigenvalue weighted by Gasteiger charge is -2.20. The highest BCUT2D eigenvalue weighted by Crippen LogP contribution is 2.13. The third-order valence-corrected chi connectivity index (χ3v) is 6.52. The smallest absolute Gasteiger partial charge is 0.220 e. The standard InChI is InChI=1S/C29H57NO3/c1-3-5-7-9-11-12-13-14-15-16-17-19-21-23-25-29(33)30-27(26-31)28(32)24-22-20-18-10-8-6-4-2/h22,24,27-28,31-32H,3-21,23,25-26H2,1-2H3,(H,30,33)/b24-22+. The molecule has 2 unspecified atom stereocenters. The van der Waals surface area contributed by atoms with Gasteiger partial charge in [0.15, 0.2) is 0 Å². The van der Waals surface area contributed by atoms with Gasteiger partial charge in [-0.3, -0.25) is 4.79 Å². The first kappa shape index (κ1) is 32.1. The van der Waals surface area contributed by atoms with Crippen molar-refractivity contribution in [1.29, 1.82) is 0 Å². The first-order valence-electron chi connectivity index (χ1n) is 14.4. The Hall–Kier alpha value is -0.870. The van der Waals surface area contributed by atoms with Crippen LogP contribution in [0.2, 0.25) is 0 Å². The second kappa shape index (κ2) is 25.7. The molecule has 2 atom stereocenters. The third-order valence-electron chi connectivity index (χ3n) is 6.52. The highest BCUT2D eigenvalue weighted by atomic mass is 16.3. The van der Waals surface area contributed by atoms with Crippen LogP contribution in [0.5, 0.6) is 0 Å². The van der Waals surface area contributed by atoms with Crippen LogP contribution in [0.4, 0.5) is 0 Å². The van der Waals surface area contributed by atoms with Gasteiger partial charge in [0.2, 0.25) is 5.91 Å². The maximum atomic E-state index is 12.2. The van der Waals surface area contributed by atoms with Crippen molar-refractivity contribution in [2.45, 2.75) is 161 Å². The Morgan fingerprint density at radius 2 is 1.12 bits per heavy atom. The number of rotatable bonds is 25. The van der Waals surface area contributed by atoms with Gasteiger partial charge in [-0.2, -0.15) is 0 Å². The van der Waals surface area contributed by atoms with Crippen molar-refractivity contribution in [3.63, 3.8) is 0 Å². The van der Waals surface area contributed by atoms with E-state index in [1.165, 1.54) is 103 Å². The lowest BCUT2D eigenvalue weighted by atomic mass is 10.0. The number of nitrogens with one attached hydrogen (secondary N) is 1. The minimum absolute atomic E-state index is 0.0694. The number of hydrogen-bond acceptors (Lipinski definition) is 3. The molecule has 0 fully saturated rings. The Bertz CT molecular complexity index is 439. The fourth-order valence-corrected chi connectivity index (χ4v) is 4.23. The van der Waals surface area contributed by atoms with Crippen molar-refractivity contribution in [2.24, 2.45) is 0 Å². The number of aliphatic hydroxyl groups excluding tert-OH is 2. The van der Waals surface area contributed by atoms with Crippen LogP contribution in [0.1, 0.15) is 149 Å². The van der Waals surface area contributed by atoms with E-state index in [-0.39, 0.29) is 12.5 Å². The molecule has 1 amide bonds. The monoisotopic (exact) mass is 467 g/mol. The van der Waals surface area contributed by atoms with Crippen molar-refractivity contribution in [2.75, 3.05) is 6.61 Å². The maximum absolute atomic E-state index is 12.2. The summed E-state index contributed by atoms with van der Waals surface area (Å²) in [5, 5.41) is 22.6. The SMILES string of the molecule is CCCCCCC/C=C/C(O)C(CO)NC(=O)CCCCCCCCCCCCCCCC. The van der Waals surface area contributed by atoms with Crippen LogP contribution in [-0.2, 0) is 4.79 Å². The summed E-state index contributed by atoms with van der Waals surface area (Å²) in [5.41, 5.74) is 0. The van der Waals surface area contributed by atoms with Gasteiger partial charge >= 0.3 is 0 Å². The molecular formula is C29H57NO3. The van der Waals surface area contributed by atoms with Crippen LogP contribution in [0.25, 0.3) is 0 Å². The molecule has 33 heavy (non-hydrogen) atoms. The highest BCUT2D eigenvalue weighted by Gasteiger charge is 2.17. The zero-order valence-corrected chi connectivity index (χ0v) is 22.2. The summed E-state index contributed by atoms with van der Waals surface area (Å²) in [6.07, 6.45) is 28.6. The number of unbranched alkanes of at least 4 members (excludes halogenated alkanes) is 18. The summed E-state index contributed by atoms with van der Waals surface area (Å²) in [6.45, 7) is 4.23. The van der Waals surface area contributed by atoms with Gasteiger partial charge < -0.3 is 15.5 Å². The Labute approximate surface area is 206 Å². The van der Waals surface area contributed by atoms with Gasteiger partial charge in [-0.15, -0.1) is 0 Å². The summed E-state index contributed by atoms with van der Waals surface area (Å²) in [6, 6.07) is -0.611. The number of allylic oxidation sites excluding steroid dienone is 1. The molecule has 4 nitrogen and oxygen atoms in total. The molecule has 0 bridgehead atoms. The Kier molecular flexibility index (Phi) is 25.1. The van der Waals surface area contributed by atoms with E-state index >= 15 is 0 Å². The first-order chi connectivity index (χ1) is 16.2. The zero-order valence-electron chi connectivity index (χ0n) is 22.2. The largest absolute Gasteiger partial charge is 0.394 e. The molecule has 0 aliphatic carbocycles. The molecule has 0 saturated carbocycles. The van der Waals surface area contributed by atoms with E-state index in [1.54, 1.807) is 6.08 Å². The first-order valence-corrected chi connectivity index (χ1v) is 14.4. The Morgan fingerprint density at radius 1 is 0.697 bits per heavy atom. The average molecular weight is 468 g/mol. The number of hydrogen-bond donors (Lipinski definition) is 3. The number of carbonyl (C=O) groups is 1. The molecule has 0 spiro atoms. The number of aliphatic hydroxyl groups is 2. The highest BCUT2D eigenvalue weighted by molar-refractivity contribution is 5.76. The molecule has 0 saturated heterocycles. The van der Waals surface area contributed by atoms with Crippen molar-refractivity contribution < 1.29 is 15.0 Å². The van der Waals surface area contributed by atoms with Gasteiger partial charge in [-0.1, -0.05) is 135 Å². The van der Waals surface area contributed by atoms with Gasteiger partial charge in [0.1, 0.15) is 0 Å². The molecule has 0 aliphatic rings. The quantitative estimate of drug-likeness (QED) is 0.0955. The van der Waals surface area contributed by atoms with Gasteiger partial charge in [0, 0.05) is 6.42 Å². The second-order valence-corrected chi connectivity index (χ2v) is 9.82. The summed E-state index contributed by atoms with van der Waals surface area (Å²) in [5.74, 6) is -0.0694. The molecule has 3 N–H and O–H groups in total. The topological polar surface area (TPSA) is 69.6 Å². The average Bonchev–Trinajstić information content (AvgIpc) is 2.82. The Balaban J connectivity index is 3.62. The molecule has 0 heterocycles. The zero-order chi connectivity index (χ0) is 24.4. The lowest BCUT2D eigenvalue weighted by molar-refractivity contribution is -0.123. The van der Waals surface area contributed by atoms with Crippen LogP contribution in [0, 0.1) is 0 Å². The molecule has 0 rings (SSSR count). The molecule has 0 aliphatic heterocycles. The molecule has 0 aromatic heterocycles. The van der Waals surface area contributed by atoms with E-state index in [2.05, 4.69) is 19.2 Å². The minimum Gasteiger partial charge on any atom is -0.394 e. The van der Waals surface area contributed by atoms with E-state index < -0.39 is 12.1 Å². The Morgan fingerprint density at radius 3 is 1.58 bits per heavy atom. The summed E-state index contributed by atoms with van der Waals surface area (Å²) >= 11 is 0. The van der Waals surface area contributed by atoms with Gasteiger partial charge in [0.25, 0.3) is 0 Å². The molecule has 4 heteroatoms. The molecular weight excluding hydrogens is 410 g/mol. The van der Waals surface area contributed by atoms with E-state index in [9.17, 15) is 15.0 Å². The van der Waals surface area contributed by atoms with Crippen LogP contribution < -0.4 is 5.32 Å². The summed E-state index contributed by atoms with van der Waals surface area (Å²) in [7, 11) is 0. The van der Waals surface area contributed by atoms with Gasteiger partial charge in [0.05, 0.1) is 18.8 Å². The van der Waals surface area contributed by atoms with Gasteiger partial charge in [-0.25, -0.2) is 0 Å². The lowest BCUT2D eigenvalue weighted by Crippen LogP contribution is -2.45. The predicted octanol–water partition coefficient (Wildman–Crippen LogP) is 7.61. The number of amides is 1. The number of carbonyl (C=O) groups excluding carboxylic acids is 1. The predicted molar refractivity (Wildman–Crippen MR) is 142 cm³/mol. The molecule has 0 aromatic rings. The van der Waals surface area contributed by atoms with Crippen LogP contribution in [0.15, 0.2) is 12.2 Å². The van der Waals surface area contributed by atoms with Crippen molar-refractivity contribution >= 4 is 5.91 Å². The minimum atomic E-state index is -0.828. The summed E-state index contributed by atoms with van der Waals surface area (Å²) in [4.78, 5) is 12.2. The third kappa shape index (κ3) is 22.7. The van der Waals surface area contributed by atoms with Crippen LogP contribution in [0.3, 0.4) is 0 Å². The summed E-state index contributed by atoms with van der Waals surface area (Å²) < 4.78 is 0. The van der Waals surface area contributed by atoms with E-state index in [0.29, 0.717) is 6.42 Å². The van der Waals surface area contributed by atoms with E-state index in [1.807, 2.05) is 6.08 Å². The molecule has 0 aromatic carbocycles. The normalized spacial score (nSPS) is 13.5. The molecule has 196 valence electrons. The fourth-order valence-electron chi connectivity index (χ4n) is 4.23. The van der Waals surface area contributed by atoms with Crippen LogP contribution in [-0.4, -0.2) is 34.9 Å².